The fourth-order valence-corrected chi connectivity index (χ4v) is 0.884. The van der Waals surface area contributed by atoms with Crippen molar-refractivity contribution in [1.82, 2.24) is 0 Å². The summed E-state index contributed by atoms with van der Waals surface area (Å²) in [6.45, 7) is 2.32. The molecule has 0 unspecified atom stereocenters. The van der Waals surface area contributed by atoms with Crippen molar-refractivity contribution in [3.8, 4) is 0 Å². The average Bonchev–Trinajstić information content (AvgIpc) is 2.34. The Kier molecular flexibility index (Phi) is 2.44. The summed E-state index contributed by atoms with van der Waals surface area (Å²) in [6.07, 6.45) is 2.25. The lowest BCUT2D eigenvalue weighted by Crippen LogP contribution is -1.88. The number of carbonyl (C=O) groups excluding carboxylic acids is 1. The molecule has 1 rings (SSSR count). The molecule has 0 saturated carbocycles. The van der Waals surface area contributed by atoms with E-state index in [9.17, 15) is 4.79 Å². The van der Waals surface area contributed by atoms with E-state index in [4.69, 9.17) is 9.15 Å². The lowest BCUT2D eigenvalue weighted by atomic mass is 10.2. The van der Waals surface area contributed by atoms with Crippen molar-refractivity contribution in [3.63, 3.8) is 0 Å². The summed E-state index contributed by atoms with van der Waals surface area (Å²) in [5.74, 6) is 0.386. The summed E-state index contributed by atoms with van der Waals surface area (Å²) >= 11 is 0. The van der Waals surface area contributed by atoms with E-state index in [1.54, 1.807) is 13.4 Å². The van der Waals surface area contributed by atoms with Gasteiger partial charge >= 0.3 is 0 Å². The van der Waals surface area contributed by atoms with Crippen LogP contribution in [0.4, 0.5) is 0 Å². The third-order valence-corrected chi connectivity index (χ3v) is 1.59. The minimum atomic E-state index is 0.386. The van der Waals surface area contributed by atoms with Crippen molar-refractivity contribution in [2.75, 3.05) is 7.11 Å². The maximum atomic E-state index is 10.3. The van der Waals surface area contributed by atoms with Gasteiger partial charge in [-0.3, -0.25) is 4.79 Å². The molecular formula is C8H10O3. The van der Waals surface area contributed by atoms with Crippen LogP contribution in [-0.4, -0.2) is 13.4 Å². The highest BCUT2D eigenvalue weighted by atomic mass is 16.5. The van der Waals surface area contributed by atoms with Crippen LogP contribution in [0.5, 0.6) is 0 Å². The van der Waals surface area contributed by atoms with Crippen molar-refractivity contribution < 1.29 is 13.9 Å². The van der Waals surface area contributed by atoms with Crippen LogP contribution >= 0.6 is 0 Å². The van der Waals surface area contributed by atoms with E-state index in [1.807, 2.05) is 6.92 Å². The van der Waals surface area contributed by atoms with E-state index in [-0.39, 0.29) is 0 Å². The third kappa shape index (κ3) is 1.49. The molecule has 1 aromatic rings. The predicted octanol–water partition coefficient (Wildman–Crippen LogP) is 1.55. The summed E-state index contributed by atoms with van der Waals surface area (Å²) in [5, 5.41) is 0. The van der Waals surface area contributed by atoms with Gasteiger partial charge in [-0.25, -0.2) is 0 Å². The van der Waals surface area contributed by atoms with E-state index in [1.165, 1.54) is 0 Å². The van der Waals surface area contributed by atoms with Gasteiger partial charge in [0.2, 0.25) is 0 Å². The molecule has 0 saturated heterocycles. The Bertz CT molecular complexity index is 250. The number of rotatable bonds is 3. The number of carbonyl (C=O) groups is 1. The topological polar surface area (TPSA) is 39.4 Å². The van der Waals surface area contributed by atoms with Gasteiger partial charge in [0, 0.05) is 18.2 Å². The SMILES string of the molecule is COCc1coc(C=O)c1C. The standard InChI is InChI=1S/C8H10O3/c1-6-7(4-10-2)5-11-8(6)3-9/h3,5H,4H2,1-2H3. The first-order chi connectivity index (χ1) is 5.29. The fourth-order valence-electron chi connectivity index (χ4n) is 0.884. The molecule has 3 heteroatoms. The molecule has 11 heavy (non-hydrogen) atoms. The van der Waals surface area contributed by atoms with Gasteiger partial charge in [0.1, 0.15) is 0 Å². The Morgan fingerprint density at radius 1 is 1.73 bits per heavy atom. The van der Waals surface area contributed by atoms with E-state index in [0.29, 0.717) is 18.7 Å². The van der Waals surface area contributed by atoms with Crippen LogP contribution < -0.4 is 0 Å². The van der Waals surface area contributed by atoms with Crippen LogP contribution in [0, 0.1) is 6.92 Å². The molecular weight excluding hydrogens is 144 g/mol. The highest BCUT2D eigenvalue weighted by Gasteiger charge is 2.06. The van der Waals surface area contributed by atoms with Crippen LogP contribution in [0.1, 0.15) is 21.7 Å². The summed E-state index contributed by atoms with van der Waals surface area (Å²) in [5.41, 5.74) is 1.79. The molecule has 0 atom stereocenters. The zero-order valence-corrected chi connectivity index (χ0v) is 6.59. The lowest BCUT2D eigenvalue weighted by Gasteiger charge is -1.93. The quantitative estimate of drug-likeness (QED) is 0.620. The Morgan fingerprint density at radius 2 is 2.45 bits per heavy atom. The largest absolute Gasteiger partial charge is 0.461 e. The van der Waals surface area contributed by atoms with Crippen molar-refractivity contribution in [1.29, 1.82) is 0 Å². The third-order valence-electron chi connectivity index (χ3n) is 1.59. The minimum Gasteiger partial charge on any atom is -0.461 e. The Balaban J connectivity index is 2.90. The van der Waals surface area contributed by atoms with Crippen molar-refractivity contribution in [2.24, 2.45) is 0 Å². The van der Waals surface area contributed by atoms with Gasteiger partial charge in [0.05, 0.1) is 12.9 Å². The molecule has 0 aliphatic carbocycles. The molecule has 0 N–H and O–H groups in total. The minimum absolute atomic E-state index is 0.386. The van der Waals surface area contributed by atoms with E-state index in [0.717, 1.165) is 11.1 Å². The van der Waals surface area contributed by atoms with Gasteiger partial charge in [-0.15, -0.1) is 0 Å². The molecule has 0 radical (unpaired) electrons. The number of ether oxygens (including phenoxy) is 1. The van der Waals surface area contributed by atoms with Gasteiger partial charge in [-0.2, -0.15) is 0 Å². The van der Waals surface area contributed by atoms with Crippen molar-refractivity contribution in [2.45, 2.75) is 13.5 Å². The molecule has 3 nitrogen and oxygen atoms in total. The molecule has 60 valence electrons. The van der Waals surface area contributed by atoms with Crippen LogP contribution in [0.2, 0.25) is 0 Å². The van der Waals surface area contributed by atoms with E-state index < -0.39 is 0 Å². The van der Waals surface area contributed by atoms with Gasteiger partial charge < -0.3 is 9.15 Å². The number of hydrogen-bond acceptors (Lipinski definition) is 3. The van der Waals surface area contributed by atoms with Crippen molar-refractivity contribution in [3.05, 3.63) is 23.2 Å². The van der Waals surface area contributed by atoms with Gasteiger partial charge in [-0.1, -0.05) is 0 Å². The summed E-state index contributed by atoms with van der Waals surface area (Å²) in [7, 11) is 1.60. The fraction of sp³-hybridized carbons (Fsp3) is 0.375. The van der Waals surface area contributed by atoms with Gasteiger partial charge in [0.25, 0.3) is 0 Å². The number of furan rings is 1. The number of aldehydes is 1. The van der Waals surface area contributed by atoms with Crippen LogP contribution in [0.3, 0.4) is 0 Å². The maximum absolute atomic E-state index is 10.3. The molecule has 0 aromatic carbocycles. The Morgan fingerprint density at radius 3 is 2.91 bits per heavy atom. The lowest BCUT2D eigenvalue weighted by molar-refractivity contribution is 0.110. The summed E-state index contributed by atoms with van der Waals surface area (Å²) in [6, 6.07) is 0. The first-order valence-electron chi connectivity index (χ1n) is 3.30. The Labute approximate surface area is 65.0 Å². The second-order valence-corrected chi connectivity index (χ2v) is 2.30. The molecule has 0 aliphatic heterocycles. The molecule has 1 heterocycles. The average molecular weight is 154 g/mol. The highest BCUT2D eigenvalue weighted by Crippen LogP contribution is 2.14. The molecule has 0 amide bonds. The first kappa shape index (κ1) is 8.01. The summed E-state index contributed by atoms with van der Waals surface area (Å²) in [4.78, 5) is 10.3. The van der Waals surface area contributed by atoms with Crippen LogP contribution in [0.15, 0.2) is 10.7 Å². The zero-order valence-electron chi connectivity index (χ0n) is 6.59. The predicted molar refractivity (Wildman–Crippen MR) is 39.5 cm³/mol. The van der Waals surface area contributed by atoms with Gasteiger partial charge in [0.15, 0.2) is 12.0 Å². The first-order valence-corrected chi connectivity index (χ1v) is 3.30. The maximum Gasteiger partial charge on any atom is 0.185 e. The highest BCUT2D eigenvalue weighted by molar-refractivity contribution is 5.73. The smallest absolute Gasteiger partial charge is 0.185 e. The van der Waals surface area contributed by atoms with Gasteiger partial charge in [-0.05, 0) is 6.92 Å². The molecule has 1 aromatic heterocycles. The van der Waals surface area contributed by atoms with Crippen LogP contribution in [-0.2, 0) is 11.3 Å². The second-order valence-electron chi connectivity index (χ2n) is 2.30. The van der Waals surface area contributed by atoms with Crippen LogP contribution in [0.25, 0.3) is 0 Å². The normalized spacial score (nSPS) is 10.0. The second kappa shape index (κ2) is 3.34. The Hall–Kier alpha value is -1.09. The molecule has 0 fully saturated rings. The monoisotopic (exact) mass is 154 g/mol. The van der Waals surface area contributed by atoms with E-state index >= 15 is 0 Å². The molecule has 0 bridgehead atoms. The van der Waals surface area contributed by atoms with E-state index in [2.05, 4.69) is 0 Å². The number of methoxy groups -OCH3 is 1. The molecule has 0 aliphatic rings. The zero-order chi connectivity index (χ0) is 8.27. The van der Waals surface area contributed by atoms with Crippen molar-refractivity contribution >= 4 is 6.29 Å². The number of hydrogen-bond donors (Lipinski definition) is 0. The molecule has 0 spiro atoms. The summed E-state index contributed by atoms with van der Waals surface area (Å²) < 4.78 is 9.84.